The highest BCUT2D eigenvalue weighted by Gasteiger charge is 2.36. The van der Waals surface area contributed by atoms with Crippen molar-refractivity contribution in [3.8, 4) is 11.5 Å². The molecule has 172 valence electrons. The van der Waals surface area contributed by atoms with E-state index >= 15 is 0 Å². The standard InChI is InChI=1S/C28H24N6O/c1-29-21-6-8-24-23(16-21)25(12-15-31-24)33-22-7-9-26-27(17-22)35-28(34-26)18-2-4-19(5-3-18)32-20-10-13-30-14-11-20/h2-5,7,9-15,17,21,23-24,33H,6,8,16H2,(H,30,32). The normalized spacial score (nSPS) is 21.1. The minimum absolute atomic E-state index is 0.0837. The van der Waals surface area contributed by atoms with Gasteiger partial charge in [-0.25, -0.2) is 11.6 Å². The molecule has 7 heteroatoms. The van der Waals surface area contributed by atoms with Gasteiger partial charge >= 0.3 is 0 Å². The zero-order chi connectivity index (χ0) is 23.6. The van der Waals surface area contributed by atoms with E-state index < -0.39 is 0 Å². The van der Waals surface area contributed by atoms with Crippen molar-refractivity contribution >= 4 is 34.4 Å². The molecule has 3 heterocycles. The predicted octanol–water partition coefficient (Wildman–Crippen LogP) is 6.47. The Kier molecular flexibility index (Phi) is 5.47. The summed E-state index contributed by atoms with van der Waals surface area (Å²) in [5.41, 5.74) is 6.49. The van der Waals surface area contributed by atoms with E-state index in [1.165, 1.54) is 0 Å². The number of benzene rings is 2. The Hall–Kier alpha value is -4.44. The molecule has 1 aliphatic carbocycles. The zero-order valence-corrected chi connectivity index (χ0v) is 19.1. The van der Waals surface area contributed by atoms with Crippen LogP contribution >= 0.6 is 0 Å². The van der Waals surface area contributed by atoms with E-state index in [0.717, 1.165) is 58.7 Å². The second-order valence-corrected chi connectivity index (χ2v) is 8.95. The van der Waals surface area contributed by atoms with E-state index in [-0.39, 0.29) is 18.0 Å². The van der Waals surface area contributed by atoms with E-state index in [2.05, 4.69) is 30.4 Å². The highest BCUT2D eigenvalue weighted by Crippen LogP contribution is 2.36. The summed E-state index contributed by atoms with van der Waals surface area (Å²) in [5.74, 6) is 0.844. The zero-order valence-electron chi connectivity index (χ0n) is 19.1. The maximum absolute atomic E-state index is 7.44. The molecule has 1 saturated carbocycles. The lowest BCUT2D eigenvalue weighted by atomic mass is 9.79. The van der Waals surface area contributed by atoms with Gasteiger partial charge in [0.25, 0.3) is 0 Å². The number of nitrogens with one attached hydrogen (secondary N) is 2. The Labute approximate surface area is 203 Å². The molecule has 4 aromatic rings. The Balaban J connectivity index is 1.20. The number of hydrogen-bond acceptors (Lipinski definition) is 6. The lowest BCUT2D eigenvalue weighted by Crippen LogP contribution is -2.34. The number of oxazole rings is 1. The molecular weight excluding hydrogens is 436 g/mol. The molecule has 3 unspecified atom stereocenters. The number of rotatable bonds is 5. The molecule has 0 spiro atoms. The van der Waals surface area contributed by atoms with Crippen molar-refractivity contribution in [3.05, 3.63) is 90.2 Å². The molecule has 0 radical (unpaired) electrons. The smallest absolute Gasteiger partial charge is 0.227 e. The van der Waals surface area contributed by atoms with Crippen LogP contribution < -0.4 is 10.6 Å². The van der Waals surface area contributed by atoms with Gasteiger partial charge in [-0.1, -0.05) is 0 Å². The first-order valence-electron chi connectivity index (χ1n) is 11.8. The summed E-state index contributed by atoms with van der Waals surface area (Å²) in [7, 11) is 0. The number of fused-ring (bicyclic) bond motifs is 2. The molecule has 35 heavy (non-hydrogen) atoms. The number of anilines is 3. The molecule has 0 saturated heterocycles. The number of pyridine rings is 1. The Bertz CT molecular complexity index is 1450. The molecule has 1 aliphatic heterocycles. The van der Waals surface area contributed by atoms with Crippen LogP contribution in [0.25, 0.3) is 27.4 Å². The lowest BCUT2D eigenvalue weighted by molar-refractivity contribution is 0.336. The Morgan fingerprint density at radius 1 is 0.914 bits per heavy atom. The van der Waals surface area contributed by atoms with Crippen molar-refractivity contribution in [3.63, 3.8) is 0 Å². The highest BCUT2D eigenvalue weighted by molar-refractivity contribution is 5.81. The first kappa shape index (κ1) is 21.1. The molecule has 6 rings (SSSR count). The number of allylic oxidation sites excluding steroid dienone is 1. The molecule has 1 fully saturated rings. The fourth-order valence-electron chi connectivity index (χ4n) is 4.84. The number of aromatic nitrogens is 2. The molecule has 2 aromatic heterocycles. The quantitative estimate of drug-likeness (QED) is 0.334. The largest absolute Gasteiger partial charge is 0.436 e. The second kappa shape index (κ2) is 9.07. The van der Waals surface area contributed by atoms with Crippen LogP contribution in [0.3, 0.4) is 0 Å². The number of nitrogens with zero attached hydrogens (tertiary/aromatic N) is 4. The van der Waals surface area contributed by atoms with Crippen molar-refractivity contribution in [1.82, 2.24) is 9.97 Å². The van der Waals surface area contributed by atoms with Gasteiger partial charge in [-0.05, 0) is 61.0 Å². The number of dihydropyridines is 1. The van der Waals surface area contributed by atoms with E-state index in [1.54, 1.807) is 12.4 Å². The predicted molar refractivity (Wildman–Crippen MR) is 139 cm³/mol. The Morgan fingerprint density at radius 3 is 2.54 bits per heavy atom. The van der Waals surface area contributed by atoms with Gasteiger partial charge < -0.3 is 19.9 Å². The summed E-state index contributed by atoms with van der Waals surface area (Å²) in [6, 6.07) is 18.2. The van der Waals surface area contributed by atoms with Gasteiger partial charge in [-0.15, -0.1) is 0 Å². The summed E-state index contributed by atoms with van der Waals surface area (Å²) >= 11 is 0. The van der Waals surface area contributed by atoms with Gasteiger partial charge in [0.2, 0.25) is 11.9 Å². The van der Waals surface area contributed by atoms with Crippen LogP contribution in [0.15, 0.2) is 88.2 Å². The topological polar surface area (TPSA) is 79.7 Å². The summed E-state index contributed by atoms with van der Waals surface area (Å²) in [5, 5.41) is 6.91. The SMILES string of the molecule is [C-]#[N+]C1CCC2N=CC=C(Nc3ccc4nc(-c5ccc(Nc6ccncc6)cc5)oc4c3)C2C1. The van der Waals surface area contributed by atoms with Crippen LogP contribution in [0.5, 0.6) is 0 Å². The van der Waals surface area contributed by atoms with Crippen LogP contribution in [0.4, 0.5) is 17.1 Å². The first-order chi connectivity index (χ1) is 17.2. The first-order valence-corrected chi connectivity index (χ1v) is 11.8. The third kappa shape index (κ3) is 4.38. The number of aliphatic imine (C=N–C) groups is 1. The molecule has 2 aliphatic rings. The van der Waals surface area contributed by atoms with Crippen LogP contribution in [0.2, 0.25) is 0 Å². The van der Waals surface area contributed by atoms with E-state index in [4.69, 9.17) is 11.0 Å². The molecule has 2 aromatic carbocycles. The summed E-state index contributed by atoms with van der Waals surface area (Å²) in [4.78, 5) is 17.2. The minimum atomic E-state index is 0.0837. The van der Waals surface area contributed by atoms with Crippen LogP contribution in [-0.4, -0.2) is 28.3 Å². The molecule has 7 nitrogen and oxygen atoms in total. The molecular formula is C28H24N6O. The van der Waals surface area contributed by atoms with Gasteiger partial charge in [0, 0.05) is 71.8 Å². The minimum Gasteiger partial charge on any atom is -0.436 e. The Morgan fingerprint density at radius 2 is 1.71 bits per heavy atom. The lowest BCUT2D eigenvalue weighted by Gasteiger charge is -2.33. The van der Waals surface area contributed by atoms with Crippen LogP contribution in [0, 0.1) is 12.5 Å². The van der Waals surface area contributed by atoms with Gasteiger partial charge in [-0.2, -0.15) is 0 Å². The fraction of sp³-hybridized carbons (Fsp3) is 0.214. The molecule has 2 N–H and O–H groups in total. The molecule has 3 atom stereocenters. The third-order valence-corrected chi connectivity index (χ3v) is 6.68. The van der Waals surface area contributed by atoms with E-state index in [1.807, 2.05) is 66.9 Å². The average Bonchev–Trinajstić information content (AvgIpc) is 3.33. The fourth-order valence-corrected chi connectivity index (χ4v) is 4.84. The maximum Gasteiger partial charge on any atom is 0.227 e. The average molecular weight is 461 g/mol. The van der Waals surface area contributed by atoms with E-state index in [9.17, 15) is 0 Å². The van der Waals surface area contributed by atoms with Gasteiger partial charge in [0.05, 0.1) is 6.04 Å². The van der Waals surface area contributed by atoms with E-state index in [0.29, 0.717) is 5.89 Å². The van der Waals surface area contributed by atoms with Gasteiger partial charge in [0.1, 0.15) is 5.52 Å². The van der Waals surface area contributed by atoms with Crippen molar-refractivity contribution in [2.45, 2.75) is 31.3 Å². The van der Waals surface area contributed by atoms with Crippen molar-refractivity contribution < 1.29 is 4.42 Å². The summed E-state index contributed by atoms with van der Waals surface area (Å²) in [6.07, 6.45) is 10.2. The second-order valence-electron chi connectivity index (χ2n) is 8.95. The number of hydrogen-bond donors (Lipinski definition) is 2. The summed E-state index contributed by atoms with van der Waals surface area (Å²) in [6.45, 7) is 7.44. The van der Waals surface area contributed by atoms with Crippen molar-refractivity contribution in [2.24, 2.45) is 10.9 Å². The van der Waals surface area contributed by atoms with Gasteiger partial charge in [-0.3, -0.25) is 9.98 Å². The molecule has 0 bridgehead atoms. The van der Waals surface area contributed by atoms with Crippen LogP contribution in [-0.2, 0) is 0 Å². The maximum atomic E-state index is 7.44. The monoisotopic (exact) mass is 460 g/mol. The highest BCUT2D eigenvalue weighted by atomic mass is 16.3. The third-order valence-electron chi connectivity index (χ3n) is 6.68. The van der Waals surface area contributed by atoms with Crippen molar-refractivity contribution in [2.75, 3.05) is 10.6 Å². The van der Waals surface area contributed by atoms with Crippen molar-refractivity contribution in [1.29, 1.82) is 0 Å². The van der Waals surface area contributed by atoms with Gasteiger partial charge in [0.15, 0.2) is 5.58 Å². The molecule has 0 amide bonds. The van der Waals surface area contributed by atoms with Crippen LogP contribution in [0.1, 0.15) is 19.3 Å². The summed E-state index contributed by atoms with van der Waals surface area (Å²) < 4.78 is 6.12.